The first kappa shape index (κ1) is 15.9. The average molecular weight is 349 g/mol. The summed E-state index contributed by atoms with van der Waals surface area (Å²) in [7, 11) is -3.58. The summed E-state index contributed by atoms with van der Waals surface area (Å²) in [5.74, 6) is 0.757. The fourth-order valence-corrected chi connectivity index (χ4v) is 4.24. The number of aromatic nitrogens is 2. The van der Waals surface area contributed by atoms with Crippen molar-refractivity contribution in [3.05, 3.63) is 52.7 Å². The predicted octanol–water partition coefficient (Wildman–Crippen LogP) is 2.89. The molecule has 0 aliphatic carbocycles. The van der Waals surface area contributed by atoms with Crippen molar-refractivity contribution in [1.82, 2.24) is 14.9 Å². The molecule has 0 amide bonds. The van der Waals surface area contributed by atoms with Crippen LogP contribution in [0.15, 0.2) is 44.3 Å². The number of nitrogens with one attached hydrogen (secondary N) is 1. The lowest BCUT2D eigenvalue weighted by Crippen LogP contribution is -2.22. The summed E-state index contributed by atoms with van der Waals surface area (Å²) in [5.41, 5.74) is 2.59. The number of sulfonamides is 1. The van der Waals surface area contributed by atoms with Gasteiger partial charge in [-0.05, 0) is 24.1 Å². The fourth-order valence-electron chi connectivity index (χ4n) is 2.04. The van der Waals surface area contributed by atoms with Crippen LogP contribution < -0.4 is 4.72 Å². The van der Waals surface area contributed by atoms with E-state index in [1.54, 1.807) is 12.3 Å². The Morgan fingerprint density at radius 1 is 1.22 bits per heavy atom. The zero-order chi connectivity index (χ0) is 16.4. The van der Waals surface area contributed by atoms with Crippen molar-refractivity contribution in [3.63, 3.8) is 0 Å². The van der Waals surface area contributed by atoms with E-state index in [0.717, 1.165) is 22.5 Å². The smallest absolute Gasteiger partial charge is 0.250 e. The van der Waals surface area contributed by atoms with Crippen LogP contribution in [0.25, 0.3) is 11.5 Å². The quantitative estimate of drug-likeness (QED) is 0.765. The fraction of sp³-hybridized carbons (Fsp3) is 0.200. The predicted molar refractivity (Wildman–Crippen MR) is 87.6 cm³/mol. The van der Waals surface area contributed by atoms with Crippen LogP contribution in [0, 0.1) is 13.8 Å². The van der Waals surface area contributed by atoms with Crippen LogP contribution in [-0.4, -0.2) is 18.6 Å². The molecule has 0 fully saturated rings. The Morgan fingerprint density at radius 3 is 2.70 bits per heavy atom. The number of aryl methyl sites for hydroxylation is 2. The van der Waals surface area contributed by atoms with Crippen molar-refractivity contribution in [2.24, 2.45) is 0 Å². The van der Waals surface area contributed by atoms with Crippen molar-refractivity contribution in [2.75, 3.05) is 0 Å². The third kappa shape index (κ3) is 3.49. The van der Waals surface area contributed by atoms with Crippen molar-refractivity contribution < 1.29 is 12.8 Å². The first-order valence-electron chi connectivity index (χ1n) is 6.89. The second-order valence-corrected chi connectivity index (χ2v) is 7.94. The number of rotatable bonds is 5. The van der Waals surface area contributed by atoms with Crippen LogP contribution in [0.1, 0.15) is 17.0 Å². The molecule has 0 atom stereocenters. The number of benzene rings is 1. The van der Waals surface area contributed by atoms with Gasteiger partial charge in [0, 0.05) is 18.8 Å². The minimum atomic E-state index is -3.58. The molecule has 0 unspecified atom stereocenters. The molecule has 1 N–H and O–H groups in total. The minimum absolute atomic E-state index is 0.219. The molecular formula is C15H15N3O3S2. The van der Waals surface area contributed by atoms with Crippen LogP contribution >= 0.6 is 11.3 Å². The Bertz CT molecular complexity index is 929. The molecule has 0 aliphatic rings. The minimum Gasteiger partial charge on any atom is -0.421 e. The molecule has 0 aliphatic heterocycles. The largest absolute Gasteiger partial charge is 0.421 e. The molecule has 0 radical (unpaired) electrons. The average Bonchev–Trinajstić information content (AvgIpc) is 3.15. The summed E-state index contributed by atoms with van der Waals surface area (Å²) < 4.78 is 32.9. The SMILES string of the molecule is Cc1nnc(-c2csc(S(=O)(=O)NCc3ccccc3C)c2)o1. The molecule has 2 heterocycles. The van der Waals surface area contributed by atoms with E-state index in [4.69, 9.17) is 4.42 Å². The van der Waals surface area contributed by atoms with Crippen LogP contribution in [0.3, 0.4) is 0 Å². The summed E-state index contributed by atoms with van der Waals surface area (Å²) in [4.78, 5) is 0. The Morgan fingerprint density at radius 2 is 2.00 bits per heavy atom. The van der Waals surface area contributed by atoms with E-state index in [0.29, 0.717) is 17.3 Å². The number of hydrogen-bond acceptors (Lipinski definition) is 6. The van der Waals surface area contributed by atoms with Gasteiger partial charge in [-0.2, -0.15) is 0 Å². The van der Waals surface area contributed by atoms with E-state index in [2.05, 4.69) is 14.9 Å². The topological polar surface area (TPSA) is 85.1 Å². The van der Waals surface area contributed by atoms with Gasteiger partial charge in [0.2, 0.25) is 21.8 Å². The van der Waals surface area contributed by atoms with Gasteiger partial charge in [0.15, 0.2) is 0 Å². The Kier molecular flexibility index (Phi) is 4.29. The van der Waals surface area contributed by atoms with Gasteiger partial charge in [-0.25, -0.2) is 13.1 Å². The summed E-state index contributed by atoms with van der Waals surface area (Å²) in [6.07, 6.45) is 0. The maximum Gasteiger partial charge on any atom is 0.250 e. The summed E-state index contributed by atoms with van der Waals surface area (Å²) in [5, 5.41) is 9.32. The molecule has 2 aromatic heterocycles. The van der Waals surface area contributed by atoms with E-state index in [1.807, 2.05) is 31.2 Å². The molecule has 3 rings (SSSR count). The van der Waals surface area contributed by atoms with Gasteiger partial charge in [0.1, 0.15) is 4.21 Å². The molecule has 0 saturated heterocycles. The van der Waals surface area contributed by atoms with Crippen LogP contribution in [0.4, 0.5) is 0 Å². The molecular weight excluding hydrogens is 334 g/mol. The van der Waals surface area contributed by atoms with Gasteiger partial charge in [0.25, 0.3) is 0 Å². The van der Waals surface area contributed by atoms with E-state index in [9.17, 15) is 8.42 Å². The molecule has 1 aromatic carbocycles. The number of nitrogens with zero attached hydrogens (tertiary/aromatic N) is 2. The highest BCUT2D eigenvalue weighted by atomic mass is 32.2. The van der Waals surface area contributed by atoms with Gasteiger partial charge in [-0.15, -0.1) is 21.5 Å². The Labute approximate surface area is 138 Å². The summed E-state index contributed by atoms with van der Waals surface area (Å²) >= 11 is 1.12. The molecule has 0 bridgehead atoms. The number of thiophene rings is 1. The van der Waals surface area contributed by atoms with Gasteiger partial charge < -0.3 is 4.42 Å². The van der Waals surface area contributed by atoms with E-state index in [-0.39, 0.29) is 10.8 Å². The third-order valence-corrected chi connectivity index (χ3v) is 6.17. The lowest BCUT2D eigenvalue weighted by molar-refractivity contribution is 0.533. The molecule has 8 heteroatoms. The first-order valence-corrected chi connectivity index (χ1v) is 9.25. The zero-order valence-electron chi connectivity index (χ0n) is 12.6. The van der Waals surface area contributed by atoms with Crippen LogP contribution in [-0.2, 0) is 16.6 Å². The lowest BCUT2D eigenvalue weighted by atomic mass is 10.1. The summed E-state index contributed by atoms with van der Waals surface area (Å²) in [6, 6.07) is 9.20. The van der Waals surface area contributed by atoms with Crippen molar-refractivity contribution in [1.29, 1.82) is 0 Å². The monoisotopic (exact) mass is 349 g/mol. The highest BCUT2D eigenvalue weighted by molar-refractivity contribution is 7.91. The second kappa shape index (κ2) is 6.23. The molecule has 23 heavy (non-hydrogen) atoms. The molecule has 120 valence electrons. The highest BCUT2D eigenvalue weighted by Gasteiger charge is 2.19. The first-order chi connectivity index (χ1) is 11.0. The Hall–Kier alpha value is -2.03. The maximum absolute atomic E-state index is 12.4. The van der Waals surface area contributed by atoms with Crippen LogP contribution in [0.2, 0.25) is 0 Å². The highest BCUT2D eigenvalue weighted by Crippen LogP contribution is 2.27. The van der Waals surface area contributed by atoms with Crippen molar-refractivity contribution in [2.45, 2.75) is 24.6 Å². The van der Waals surface area contributed by atoms with E-state index >= 15 is 0 Å². The van der Waals surface area contributed by atoms with Gasteiger partial charge in [-0.3, -0.25) is 0 Å². The molecule has 6 nitrogen and oxygen atoms in total. The van der Waals surface area contributed by atoms with E-state index < -0.39 is 10.0 Å². The lowest BCUT2D eigenvalue weighted by Gasteiger charge is -2.07. The second-order valence-electron chi connectivity index (χ2n) is 5.03. The van der Waals surface area contributed by atoms with Crippen molar-refractivity contribution >= 4 is 21.4 Å². The van der Waals surface area contributed by atoms with Crippen LogP contribution in [0.5, 0.6) is 0 Å². The zero-order valence-corrected chi connectivity index (χ0v) is 14.2. The summed E-state index contributed by atoms with van der Waals surface area (Å²) in [6.45, 7) is 3.89. The normalized spacial score (nSPS) is 11.7. The molecule has 3 aromatic rings. The Balaban J connectivity index is 1.78. The third-order valence-electron chi connectivity index (χ3n) is 3.33. The van der Waals surface area contributed by atoms with Gasteiger partial charge in [0.05, 0.1) is 5.56 Å². The van der Waals surface area contributed by atoms with Gasteiger partial charge >= 0.3 is 0 Å². The van der Waals surface area contributed by atoms with Gasteiger partial charge in [-0.1, -0.05) is 24.3 Å². The standard InChI is InChI=1S/C15H15N3O3S2/c1-10-5-3-4-6-12(10)8-16-23(19,20)14-7-13(9-22-14)15-18-17-11(2)21-15/h3-7,9,16H,8H2,1-2H3. The number of hydrogen-bond donors (Lipinski definition) is 1. The van der Waals surface area contributed by atoms with E-state index in [1.165, 1.54) is 6.07 Å². The van der Waals surface area contributed by atoms with Crippen molar-refractivity contribution in [3.8, 4) is 11.5 Å². The molecule has 0 saturated carbocycles. The molecule has 0 spiro atoms. The maximum atomic E-state index is 12.4.